The van der Waals surface area contributed by atoms with E-state index in [0.29, 0.717) is 23.9 Å². The number of aliphatic hydroxyl groups is 1. The van der Waals surface area contributed by atoms with E-state index in [1.807, 2.05) is 0 Å². The molecule has 0 spiro atoms. The maximum atomic E-state index is 11.9. The highest BCUT2D eigenvalue weighted by molar-refractivity contribution is 8.00. The van der Waals surface area contributed by atoms with Crippen LogP contribution in [0.1, 0.15) is 12.8 Å². The zero-order valence-electron chi connectivity index (χ0n) is 5.11. The molecule has 5 heteroatoms. The van der Waals surface area contributed by atoms with Crippen molar-refractivity contribution in [3.05, 3.63) is 0 Å². The van der Waals surface area contributed by atoms with Gasteiger partial charge in [-0.05, 0) is 18.6 Å². The molecule has 1 fully saturated rings. The molecule has 0 saturated carbocycles. The van der Waals surface area contributed by atoms with E-state index < -0.39 is 11.1 Å². The zero-order valence-corrected chi connectivity index (χ0v) is 5.93. The summed E-state index contributed by atoms with van der Waals surface area (Å²) in [5, 5.41) is 8.87. The summed E-state index contributed by atoms with van der Waals surface area (Å²) in [5.41, 5.74) is 0. The van der Waals surface area contributed by atoms with Gasteiger partial charge in [0.25, 0.3) is 0 Å². The first kappa shape index (κ1) is 8.20. The van der Waals surface area contributed by atoms with Gasteiger partial charge in [0, 0.05) is 0 Å². The average Bonchev–Trinajstić information content (AvgIpc) is 2.13. The van der Waals surface area contributed by atoms with E-state index in [0.717, 1.165) is 0 Å². The Bertz CT molecular complexity index is 127. The van der Waals surface area contributed by atoms with Crippen LogP contribution >= 0.6 is 11.8 Å². The van der Waals surface area contributed by atoms with Crippen molar-refractivity contribution in [1.82, 2.24) is 0 Å². The Morgan fingerprint density at radius 2 is 2.00 bits per heavy atom. The first-order chi connectivity index (χ1) is 4.46. The standard InChI is InChI=1S/C5H7F3OS/c6-5(7,8)4(9)2-1-3-10-4/h9H,1-3H2. The Labute approximate surface area is 60.6 Å². The lowest BCUT2D eigenvalue weighted by atomic mass is 10.2. The molecule has 0 radical (unpaired) electrons. The van der Waals surface area contributed by atoms with E-state index in [1.165, 1.54) is 0 Å². The van der Waals surface area contributed by atoms with Gasteiger partial charge in [-0.3, -0.25) is 0 Å². The summed E-state index contributed by atoms with van der Waals surface area (Å²) in [7, 11) is 0. The maximum Gasteiger partial charge on any atom is 0.426 e. The van der Waals surface area contributed by atoms with E-state index in [-0.39, 0.29) is 6.42 Å². The van der Waals surface area contributed by atoms with Gasteiger partial charge in [-0.25, -0.2) is 0 Å². The van der Waals surface area contributed by atoms with Crippen molar-refractivity contribution in [3.63, 3.8) is 0 Å². The Kier molecular flexibility index (Phi) is 1.89. The van der Waals surface area contributed by atoms with Gasteiger partial charge in [0.15, 0.2) is 0 Å². The van der Waals surface area contributed by atoms with Gasteiger partial charge in [-0.2, -0.15) is 13.2 Å². The lowest BCUT2D eigenvalue weighted by Crippen LogP contribution is -2.39. The topological polar surface area (TPSA) is 20.2 Å². The molecule has 1 aliphatic rings. The minimum absolute atomic E-state index is 0.166. The van der Waals surface area contributed by atoms with Crippen molar-refractivity contribution in [1.29, 1.82) is 0 Å². The molecule has 1 nitrogen and oxygen atoms in total. The van der Waals surface area contributed by atoms with Crippen LogP contribution < -0.4 is 0 Å². The van der Waals surface area contributed by atoms with Crippen LogP contribution in [0.2, 0.25) is 0 Å². The van der Waals surface area contributed by atoms with Gasteiger partial charge in [0.05, 0.1) is 0 Å². The molecule has 60 valence electrons. The molecule has 0 aromatic heterocycles. The fraction of sp³-hybridized carbons (Fsp3) is 1.00. The molecule has 1 unspecified atom stereocenters. The molecule has 1 rings (SSSR count). The molecule has 0 aromatic carbocycles. The molecule has 1 heterocycles. The number of alkyl halides is 3. The van der Waals surface area contributed by atoms with E-state index in [1.54, 1.807) is 0 Å². The summed E-state index contributed by atoms with van der Waals surface area (Å²) in [6.45, 7) is 0. The summed E-state index contributed by atoms with van der Waals surface area (Å²) in [6, 6.07) is 0. The predicted octanol–water partition coefficient (Wildman–Crippen LogP) is 1.76. The minimum atomic E-state index is -4.46. The van der Waals surface area contributed by atoms with Crippen LogP contribution in [0.15, 0.2) is 0 Å². The molecular weight excluding hydrogens is 165 g/mol. The third-order valence-corrected chi connectivity index (χ3v) is 2.85. The van der Waals surface area contributed by atoms with Gasteiger partial charge in [0.1, 0.15) is 0 Å². The Morgan fingerprint density at radius 1 is 1.40 bits per heavy atom. The lowest BCUT2D eigenvalue weighted by Gasteiger charge is -2.23. The fourth-order valence-corrected chi connectivity index (χ4v) is 1.93. The smallest absolute Gasteiger partial charge is 0.371 e. The van der Waals surface area contributed by atoms with Crippen molar-refractivity contribution in [3.8, 4) is 0 Å². The molecule has 10 heavy (non-hydrogen) atoms. The van der Waals surface area contributed by atoms with Crippen LogP contribution in [-0.2, 0) is 0 Å². The summed E-state index contributed by atoms with van der Waals surface area (Å²) >= 11 is 0.582. The second-order valence-corrected chi connectivity index (χ2v) is 3.61. The van der Waals surface area contributed by atoms with Gasteiger partial charge >= 0.3 is 6.18 Å². The molecule has 1 N–H and O–H groups in total. The summed E-state index contributed by atoms with van der Waals surface area (Å²) in [6.07, 6.45) is -4.18. The van der Waals surface area contributed by atoms with Crippen LogP contribution in [0.5, 0.6) is 0 Å². The second kappa shape index (κ2) is 2.30. The summed E-state index contributed by atoms with van der Waals surface area (Å²) in [5.74, 6) is 0.399. The molecule has 0 aliphatic carbocycles. The van der Waals surface area contributed by atoms with Gasteiger partial charge < -0.3 is 5.11 Å². The second-order valence-electron chi connectivity index (χ2n) is 2.23. The molecule has 0 bridgehead atoms. The highest BCUT2D eigenvalue weighted by Gasteiger charge is 2.55. The maximum absolute atomic E-state index is 11.9. The lowest BCUT2D eigenvalue weighted by molar-refractivity contribution is -0.219. The normalized spacial score (nSPS) is 34.8. The molecule has 1 saturated heterocycles. The van der Waals surface area contributed by atoms with Crippen LogP contribution in [-0.4, -0.2) is 22.0 Å². The van der Waals surface area contributed by atoms with E-state index in [2.05, 4.69) is 0 Å². The highest BCUT2D eigenvalue weighted by Crippen LogP contribution is 2.47. The van der Waals surface area contributed by atoms with Crippen molar-refractivity contribution < 1.29 is 18.3 Å². The van der Waals surface area contributed by atoms with Crippen molar-refractivity contribution in [2.45, 2.75) is 24.0 Å². The number of hydrogen-bond acceptors (Lipinski definition) is 2. The van der Waals surface area contributed by atoms with Gasteiger partial charge in [-0.1, -0.05) is 0 Å². The third-order valence-electron chi connectivity index (χ3n) is 1.44. The fourth-order valence-electron chi connectivity index (χ4n) is 0.849. The molecule has 0 amide bonds. The first-order valence-corrected chi connectivity index (χ1v) is 3.87. The number of thioether (sulfide) groups is 1. The SMILES string of the molecule is OC1(C(F)(F)F)CCCS1. The quantitative estimate of drug-likeness (QED) is 0.600. The van der Waals surface area contributed by atoms with E-state index in [4.69, 9.17) is 5.11 Å². The number of halogens is 3. The largest absolute Gasteiger partial charge is 0.426 e. The Morgan fingerprint density at radius 3 is 2.20 bits per heavy atom. The van der Waals surface area contributed by atoms with Crippen molar-refractivity contribution >= 4 is 11.8 Å². The Balaban J connectivity index is 2.67. The van der Waals surface area contributed by atoms with Gasteiger partial charge in [-0.15, -0.1) is 11.8 Å². The monoisotopic (exact) mass is 172 g/mol. The molecule has 1 atom stereocenters. The molecule has 1 aliphatic heterocycles. The molecular formula is C5H7F3OS. The predicted molar refractivity (Wildman–Crippen MR) is 32.7 cm³/mol. The molecule has 0 aromatic rings. The van der Waals surface area contributed by atoms with Gasteiger partial charge in [0.2, 0.25) is 4.93 Å². The summed E-state index contributed by atoms with van der Waals surface area (Å²) < 4.78 is 35.6. The first-order valence-electron chi connectivity index (χ1n) is 2.89. The highest BCUT2D eigenvalue weighted by atomic mass is 32.2. The van der Waals surface area contributed by atoms with E-state index >= 15 is 0 Å². The van der Waals surface area contributed by atoms with Crippen molar-refractivity contribution in [2.24, 2.45) is 0 Å². The average molecular weight is 172 g/mol. The Hall–Kier alpha value is 0.100. The van der Waals surface area contributed by atoms with Crippen LogP contribution in [0.25, 0.3) is 0 Å². The van der Waals surface area contributed by atoms with Crippen molar-refractivity contribution in [2.75, 3.05) is 5.75 Å². The minimum Gasteiger partial charge on any atom is -0.371 e. The van der Waals surface area contributed by atoms with E-state index in [9.17, 15) is 13.2 Å². The van der Waals surface area contributed by atoms with Crippen LogP contribution in [0, 0.1) is 0 Å². The summed E-state index contributed by atoms with van der Waals surface area (Å²) in [4.78, 5) is -2.45. The third kappa shape index (κ3) is 1.25. The number of rotatable bonds is 0. The zero-order chi connectivity index (χ0) is 7.83. The number of hydrogen-bond donors (Lipinski definition) is 1. The van der Waals surface area contributed by atoms with Crippen LogP contribution in [0.4, 0.5) is 13.2 Å². The van der Waals surface area contributed by atoms with Crippen LogP contribution in [0.3, 0.4) is 0 Å².